The van der Waals surface area contributed by atoms with Gasteiger partial charge in [0.05, 0.1) is 6.67 Å². The van der Waals surface area contributed by atoms with E-state index in [-0.39, 0.29) is 5.75 Å². The summed E-state index contributed by atoms with van der Waals surface area (Å²) in [7, 11) is 2.07. The van der Waals surface area contributed by atoms with E-state index in [2.05, 4.69) is 21.6 Å². The van der Waals surface area contributed by atoms with Crippen molar-refractivity contribution in [1.82, 2.24) is 9.80 Å². The number of alkyl halides is 3. The molecule has 0 N–H and O–H groups in total. The van der Waals surface area contributed by atoms with E-state index in [1.165, 1.54) is 12.1 Å². The Labute approximate surface area is 110 Å². The number of likely N-dealkylation sites (N-methyl/N-ethyl adjacent to an activating group) is 1. The first-order chi connectivity index (χ1) is 8.92. The summed E-state index contributed by atoms with van der Waals surface area (Å²) < 4.78 is 39.8. The molecular weight excluding hydrogens is 257 g/mol. The van der Waals surface area contributed by atoms with Gasteiger partial charge in [0.1, 0.15) is 5.75 Å². The highest BCUT2D eigenvalue weighted by atomic mass is 19.4. The zero-order chi connectivity index (χ0) is 13.9. The first-order valence-corrected chi connectivity index (χ1v) is 6.18. The van der Waals surface area contributed by atoms with Crippen LogP contribution >= 0.6 is 0 Å². The summed E-state index contributed by atoms with van der Waals surface area (Å²) in [6.45, 7) is 3.99. The minimum atomic E-state index is -4.62. The highest BCUT2D eigenvalue weighted by Gasteiger charge is 2.30. The van der Waals surface area contributed by atoms with E-state index >= 15 is 0 Å². The lowest BCUT2D eigenvalue weighted by Crippen LogP contribution is -2.25. The van der Waals surface area contributed by atoms with Gasteiger partial charge in [-0.25, -0.2) is 0 Å². The van der Waals surface area contributed by atoms with Crippen LogP contribution in [0, 0.1) is 0 Å². The largest absolute Gasteiger partial charge is 0.573 e. The van der Waals surface area contributed by atoms with Crippen LogP contribution in [0.3, 0.4) is 0 Å². The van der Waals surface area contributed by atoms with Gasteiger partial charge in [0.2, 0.25) is 0 Å². The number of hydrogen-bond donors (Lipinski definition) is 0. The molecule has 0 unspecified atom stereocenters. The van der Waals surface area contributed by atoms with Gasteiger partial charge in [-0.05, 0) is 31.2 Å². The fraction of sp³-hybridized carbons (Fsp3) is 0.538. The van der Waals surface area contributed by atoms with E-state index in [1.54, 1.807) is 12.1 Å². The van der Waals surface area contributed by atoms with Crippen molar-refractivity contribution >= 4 is 0 Å². The van der Waals surface area contributed by atoms with Crippen molar-refractivity contribution in [2.24, 2.45) is 0 Å². The van der Waals surface area contributed by atoms with Gasteiger partial charge in [-0.1, -0.05) is 12.1 Å². The van der Waals surface area contributed by atoms with E-state index in [1.807, 2.05) is 0 Å². The third-order valence-electron chi connectivity index (χ3n) is 3.11. The Hall–Kier alpha value is -1.27. The molecule has 19 heavy (non-hydrogen) atoms. The molecule has 0 bridgehead atoms. The molecule has 0 amide bonds. The van der Waals surface area contributed by atoms with Crippen molar-refractivity contribution in [3.63, 3.8) is 0 Å². The second-order valence-corrected chi connectivity index (χ2v) is 4.78. The maximum Gasteiger partial charge on any atom is 0.573 e. The van der Waals surface area contributed by atoms with Crippen molar-refractivity contribution in [3.8, 4) is 5.75 Å². The second kappa shape index (κ2) is 5.79. The van der Waals surface area contributed by atoms with Gasteiger partial charge in [0, 0.05) is 19.6 Å². The zero-order valence-corrected chi connectivity index (χ0v) is 10.8. The molecule has 1 aliphatic rings. The van der Waals surface area contributed by atoms with Crippen LogP contribution in [0.1, 0.15) is 5.56 Å². The van der Waals surface area contributed by atoms with Crippen LogP contribution in [0.2, 0.25) is 0 Å². The predicted molar refractivity (Wildman–Crippen MR) is 65.9 cm³/mol. The second-order valence-electron chi connectivity index (χ2n) is 4.78. The van der Waals surface area contributed by atoms with E-state index in [9.17, 15) is 13.2 Å². The summed E-state index contributed by atoms with van der Waals surface area (Å²) in [5.41, 5.74) is 1.02. The van der Waals surface area contributed by atoms with Crippen LogP contribution in [0.4, 0.5) is 13.2 Å². The molecule has 1 heterocycles. The lowest BCUT2D eigenvalue weighted by atomic mass is 10.1. The van der Waals surface area contributed by atoms with E-state index < -0.39 is 6.36 Å². The number of nitrogens with zero attached hydrogens (tertiary/aromatic N) is 2. The monoisotopic (exact) mass is 274 g/mol. The molecule has 0 atom stereocenters. The average Bonchev–Trinajstić information content (AvgIpc) is 2.72. The van der Waals surface area contributed by atoms with Crippen LogP contribution in [0.5, 0.6) is 5.75 Å². The predicted octanol–water partition coefficient (Wildman–Crippen LogP) is 2.33. The maximum absolute atomic E-state index is 12.0. The van der Waals surface area contributed by atoms with Gasteiger partial charge >= 0.3 is 6.36 Å². The van der Waals surface area contributed by atoms with Crippen LogP contribution < -0.4 is 4.74 Å². The van der Waals surface area contributed by atoms with E-state index in [4.69, 9.17) is 0 Å². The summed E-state index contributed by atoms with van der Waals surface area (Å²) in [4.78, 5) is 4.56. The number of rotatable bonds is 4. The molecule has 1 aromatic carbocycles. The summed E-state index contributed by atoms with van der Waals surface area (Å²) in [6.07, 6.45) is -3.79. The van der Waals surface area contributed by atoms with Crippen molar-refractivity contribution in [3.05, 3.63) is 29.8 Å². The topological polar surface area (TPSA) is 15.7 Å². The van der Waals surface area contributed by atoms with E-state index in [0.29, 0.717) is 0 Å². The molecule has 1 saturated heterocycles. The Morgan fingerprint density at radius 2 is 1.84 bits per heavy atom. The van der Waals surface area contributed by atoms with Gasteiger partial charge in [-0.2, -0.15) is 0 Å². The van der Waals surface area contributed by atoms with Crippen LogP contribution in [-0.2, 0) is 6.42 Å². The maximum atomic E-state index is 12.0. The summed E-state index contributed by atoms with van der Waals surface area (Å²) in [5, 5.41) is 0. The molecule has 6 heteroatoms. The molecule has 0 radical (unpaired) electrons. The molecular formula is C13H17F3N2O. The molecule has 1 fully saturated rings. The van der Waals surface area contributed by atoms with Crippen molar-refractivity contribution in [2.45, 2.75) is 12.8 Å². The van der Waals surface area contributed by atoms with Crippen LogP contribution in [0.25, 0.3) is 0 Å². The Morgan fingerprint density at radius 3 is 2.37 bits per heavy atom. The fourth-order valence-corrected chi connectivity index (χ4v) is 2.12. The van der Waals surface area contributed by atoms with E-state index in [0.717, 1.165) is 38.3 Å². The number of benzene rings is 1. The lowest BCUT2D eigenvalue weighted by molar-refractivity contribution is -0.274. The molecule has 3 nitrogen and oxygen atoms in total. The highest BCUT2D eigenvalue weighted by molar-refractivity contribution is 5.27. The Morgan fingerprint density at radius 1 is 1.16 bits per heavy atom. The van der Waals surface area contributed by atoms with Crippen LogP contribution in [0.15, 0.2) is 24.3 Å². The molecule has 0 aromatic heterocycles. The number of ether oxygens (including phenoxy) is 1. The fourth-order valence-electron chi connectivity index (χ4n) is 2.12. The Bertz CT molecular complexity index is 405. The third-order valence-corrected chi connectivity index (χ3v) is 3.11. The van der Waals surface area contributed by atoms with Gasteiger partial charge in [-0.3, -0.25) is 9.80 Å². The standard InChI is InChI=1S/C13H17F3N2O/c1-17-8-9-18(10-17)7-6-11-2-4-12(5-3-11)19-13(14,15)16/h2-5H,6-10H2,1H3. The summed E-state index contributed by atoms with van der Waals surface area (Å²) in [5.74, 6) is -0.169. The normalized spacial score (nSPS) is 17.9. The SMILES string of the molecule is CN1CCN(CCc2ccc(OC(F)(F)F)cc2)C1. The minimum Gasteiger partial charge on any atom is -0.406 e. The van der Waals surface area contributed by atoms with Crippen molar-refractivity contribution < 1.29 is 17.9 Å². The highest BCUT2D eigenvalue weighted by Crippen LogP contribution is 2.22. The first-order valence-electron chi connectivity index (χ1n) is 6.18. The third kappa shape index (κ3) is 4.72. The molecule has 2 rings (SSSR count). The summed E-state index contributed by atoms with van der Waals surface area (Å²) >= 11 is 0. The molecule has 0 aliphatic carbocycles. The number of hydrogen-bond acceptors (Lipinski definition) is 3. The van der Waals surface area contributed by atoms with Crippen molar-refractivity contribution in [1.29, 1.82) is 0 Å². The number of halogens is 3. The van der Waals surface area contributed by atoms with Crippen molar-refractivity contribution in [2.75, 3.05) is 33.4 Å². The Balaban J connectivity index is 1.82. The quantitative estimate of drug-likeness (QED) is 0.838. The van der Waals surface area contributed by atoms with Gasteiger partial charge < -0.3 is 4.74 Å². The smallest absolute Gasteiger partial charge is 0.406 e. The molecule has 1 aliphatic heterocycles. The average molecular weight is 274 g/mol. The van der Waals surface area contributed by atoms with Gasteiger partial charge in [-0.15, -0.1) is 13.2 Å². The molecule has 0 spiro atoms. The Kier molecular flexibility index (Phi) is 4.31. The van der Waals surface area contributed by atoms with Crippen LogP contribution in [-0.4, -0.2) is 49.5 Å². The summed E-state index contributed by atoms with van der Waals surface area (Å²) in [6, 6.07) is 6.08. The lowest BCUT2D eigenvalue weighted by Gasteiger charge is -2.15. The van der Waals surface area contributed by atoms with Gasteiger partial charge in [0.15, 0.2) is 0 Å². The molecule has 1 aromatic rings. The molecule has 106 valence electrons. The zero-order valence-electron chi connectivity index (χ0n) is 10.8. The molecule has 0 saturated carbocycles. The first kappa shape index (κ1) is 14.1. The minimum absolute atomic E-state index is 0.169. The van der Waals surface area contributed by atoms with Gasteiger partial charge in [0.25, 0.3) is 0 Å².